The van der Waals surface area contributed by atoms with Crippen LogP contribution in [0, 0.1) is 3.57 Å². The van der Waals surface area contributed by atoms with Crippen molar-refractivity contribution >= 4 is 38.5 Å². The fourth-order valence-corrected chi connectivity index (χ4v) is 1.89. The molecule has 1 aromatic heterocycles. The van der Waals surface area contributed by atoms with Gasteiger partial charge in [-0.15, -0.1) is 10.2 Å². The molecule has 3 nitrogen and oxygen atoms in total. The van der Waals surface area contributed by atoms with Gasteiger partial charge in [-0.2, -0.15) is 0 Å². The normalized spacial score (nSPS) is 10.3. The summed E-state index contributed by atoms with van der Waals surface area (Å²) in [5, 5.41) is 7.47. The molecule has 0 bridgehead atoms. The van der Waals surface area contributed by atoms with Crippen LogP contribution >= 0.6 is 38.5 Å². The van der Waals surface area contributed by atoms with Crippen LogP contribution in [-0.4, -0.2) is 10.2 Å². The van der Waals surface area contributed by atoms with Gasteiger partial charge in [-0.3, -0.25) is 0 Å². The number of rotatable bonds is 1. The lowest BCUT2D eigenvalue weighted by Crippen LogP contribution is -1.82. The van der Waals surface area contributed by atoms with Crippen LogP contribution in [0.1, 0.15) is 0 Å². The van der Waals surface area contributed by atoms with E-state index in [1.165, 1.54) is 6.39 Å². The van der Waals surface area contributed by atoms with Crippen molar-refractivity contribution in [3.63, 3.8) is 0 Å². The summed E-state index contributed by atoms with van der Waals surface area (Å²) in [5.41, 5.74) is 0.921. The minimum absolute atomic E-state index is 0.533. The summed E-state index contributed by atoms with van der Waals surface area (Å²) in [6.45, 7) is 0. The maximum atomic E-state index is 5.10. The number of aromatic nitrogens is 2. The fourth-order valence-electron chi connectivity index (χ4n) is 0.959. The van der Waals surface area contributed by atoms with Crippen LogP contribution in [0.4, 0.5) is 0 Å². The quantitative estimate of drug-likeness (QED) is 0.742. The van der Waals surface area contributed by atoms with Crippen molar-refractivity contribution in [1.29, 1.82) is 0 Å². The van der Waals surface area contributed by atoms with Gasteiger partial charge in [0.15, 0.2) is 0 Å². The molecule has 66 valence electrons. The zero-order valence-corrected chi connectivity index (χ0v) is 10.1. The molecule has 1 aromatic carbocycles. The van der Waals surface area contributed by atoms with Gasteiger partial charge in [0.1, 0.15) is 0 Å². The van der Waals surface area contributed by atoms with Crippen molar-refractivity contribution in [3.8, 4) is 11.5 Å². The molecule has 0 radical (unpaired) electrons. The summed E-state index contributed by atoms with van der Waals surface area (Å²) in [5.74, 6) is 0.533. The van der Waals surface area contributed by atoms with E-state index >= 15 is 0 Å². The number of hydrogen-bond acceptors (Lipinski definition) is 3. The minimum atomic E-state index is 0.533. The maximum Gasteiger partial charge on any atom is 0.248 e. The summed E-state index contributed by atoms with van der Waals surface area (Å²) in [6, 6.07) is 5.89. The summed E-state index contributed by atoms with van der Waals surface area (Å²) >= 11 is 5.70. The average molecular weight is 351 g/mol. The van der Waals surface area contributed by atoms with Crippen LogP contribution in [0.25, 0.3) is 11.5 Å². The van der Waals surface area contributed by atoms with E-state index < -0.39 is 0 Å². The second-order valence-corrected chi connectivity index (χ2v) is 4.30. The second kappa shape index (κ2) is 3.75. The third-order valence-corrected chi connectivity index (χ3v) is 4.04. The predicted molar refractivity (Wildman–Crippen MR) is 60.2 cm³/mol. The zero-order chi connectivity index (χ0) is 9.26. The van der Waals surface area contributed by atoms with Crippen LogP contribution in [-0.2, 0) is 0 Å². The summed E-state index contributed by atoms with van der Waals surface area (Å²) in [7, 11) is 0. The Morgan fingerprint density at radius 2 is 2.23 bits per heavy atom. The fraction of sp³-hybridized carbons (Fsp3) is 0. The second-order valence-electron chi connectivity index (χ2n) is 2.35. The molecule has 0 unspecified atom stereocenters. The van der Waals surface area contributed by atoms with Crippen LogP contribution in [0.2, 0.25) is 0 Å². The zero-order valence-electron chi connectivity index (χ0n) is 6.37. The Kier molecular flexibility index (Phi) is 2.63. The highest BCUT2D eigenvalue weighted by atomic mass is 127. The van der Waals surface area contributed by atoms with E-state index in [0.29, 0.717) is 5.89 Å². The predicted octanol–water partition coefficient (Wildman–Crippen LogP) is 3.10. The molecule has 0 aliphatic heterocycles. The molecule has 13 heavy (non-hydrogen) atoms. The average Bonchev–Trinajstić information content (AvgIpc) is 2.62. The highest BCUT2D eigenvalue weighted by molar-refractivity contribution is 14.1. The standard InChI is InChI=1S/C8H4BrIN2O/c9-7-5(2-1-3-6(7)10)8-12-11-4-13-8/h1-4H. The van der Waals surface area contributed by atoms with Gasteiger partial charge < -0.3 is 4.42 Å². The minimum Gasteiger partial charge on any atom is -0.423 e. The largest absolute Gasteiger partial charge is 0.423 e. The lowest BCUT2D eigenvalue weighted by atomic mass is 10.2. The van der Waals surface area contributed by atoms with Gasteiger partial charge in [-0.1, -0.05) is 6.07 Å². The van der Waals surface area contributed by atoms with Gasteiger partial charge in [0.25, 0.3) is 0 Å². The molecule has 0 saturated carbocycles. The first-order chi connectivity index (χ1) is 6.29. The summed E-state index contributed by atoms with van der Waals surface area (Å²) < 4.78 is 7.20. The van der Waals surface area contributed by atoms with Crippen LogP contribution in [0.3, 0.4) is 0 Å². The number of nitrogens with zero attached hydrogens (tertiary/aromatic N) is 2. The molecular formula is C8H4BrIN2O. The Morgan fingerprint density at radius 3 is 2.92 bits per heavy atom. The first-order valence-corrected chi connectivity index (χ1v) is 5.37. The van der Waals surface area contributed by atoms with Crippen molar-refractivity contribution in [2.45, 2.75) is 0 Å². The maximum absolute atomic E-state index is 5.10. The first-order valence-electron chi connectivity index (χ1n) is 3.49. The molecule has 2 aromatic rings. The van der Waals surface area contributed by atoms with Crippen molar-refractivity contribution < 1.29 is 4.42 Å². The van der Waals surface area contributed by atoms with Gasteiger partial charge in [0.2, 0.25) is 12.3 Å². The molecule has 0 amide bonds. The Bertz CT molecular complexity index is 416. The Hall–Kier alpha value is -0.430. The molecule has 0 fully saturated rings. The monoisotopic (exact) mass is 350 g/mol. The Morgan fingerprint density at radius 1 is 1.38 bits per heavy atom. The molecule has 0 atom stereocenters. The van der Waals surface area contributed by atoms with E-state index in [2.05, 4.69) is 48.7 Å². The highest BCUT2D eigenvalue weighted by Gasteiger charge is 2.09. The number of hydrogen-bond donors (Lipinski definition) is 0. The van der Waals surface area contributed by atoms with E-state index in [1.54, 1.807) is 0 Å². The van der Waals surface area contributed by atoms with E-state index in [-0.39, 0.29) is 0 Å². The van der Waals surface area contributed by atoms with Crippen LogP contribution < -0.4 is 0 Å². The van der Waals surface area contributed by atoms with E-state index in [0.717, 1.165) is 13.6 Å². The first kappa shape index (κ1) is 9.14. The molecule has 2 rings (SSSR count). The van der Waals surface area contributed by atoms with Crippen LogP contribution in [0.5, 0.6) is 0 Å². The molecule has 0 N–H and O–H groups in total. The Labute approximate surface area is 96.8 Å². The van der Waals surface area contributed by atoms with Crippen molar-refractivity contribution in [2.24, 2.45) is 0 Å². The molecule has 1 heterocycles. The third-order valence-electron chi connectivity index (χ3n) is 1.54. The molecule has 0 saturated heterocycles. The molecular weight excluding hydrogens is 347 g/mol. The van der Waals surface area contributed by atoms with Gasteiger partial charge in [0.05, 0.1) is 5.56 Å². The SMILES string of the molecule is Brc1c(I)cccc1-c1nnco1. The molecule has 0 aliphatic carbocycles. The van der Waals surface area contributed by atoms with Crippen molar-refractivity contribution in [2.75, 3.05) is 0 Å². The Balaban J connectivity index is 2.59. The summed E-state index contributed by atoms with van der Waals surface area (Å²) in [4.78, 5) is 0. The lowest BCUT2D eigenvalue weighted by Gasteiger charge is -2.00. The van der Waals surface area contributed by atoms with Gasteiger partial charge in [-0.25, -0.2) is 0 Å². The highest BCUT2D eigenvalue weighted by Crippen LogP contribution is 2.30. The third kappa shape index (κ3) is 1.76. The van der Waals surface area contributed by atoms with Gasteiger partial charge in [-0.05, 0) is 50.7 Å². The van der Waals surface area contributed by atoms with Crippen molar-refractivity contribution in [1.82, 2.24) is 10.2 Å². The molecule has 5 heteroatoms. The van der Waals surface area contributed by atoms with Crippen LogP contribution in [0.15, 0.2) is 33.5 Å². The smallest absolute Gasteiger partial charge is 0.248 e. The van der Waals surface area contributed by atoms with Crippen molar-refractivity contribution in [3.05, 3.63) is 32.6 Å². The number of benzene rings is 1. The molecule has 0 spiro atoms. The lowest BCUT2D eigenvalue weighted by molar-refractivity contribution is 0.568. The summed E-state index contributed by atoms with van der Waals surface area (Å²) in [6.07, 6.45) is 1.32. The van der Waals surface area contributed by atoms with E-state index in [9.17, 15) is 0 Å². The topological polar surface area (TPSA) is 38.9 Å². The number of halogens is 2. The van der Waals surface area contributed by atoms with E-state index in [4.69, 9.17) is 4.42 Å². The molecule has 0 aliphatic rings. The van der Waals surface area contributed by atoms with E-state index in [1.807, 2.05) is 18.2 Å². The van der Waals surface area contributed by atoms with Gasteiger partial charge >= 0.3 is 0 Å². The van der Waals surface area contributed by atoms with Gasteiger partial charge in [0, 0.05) is 8.04 Å².